The fourth-order valence-corrected chi connectivity index (χ4v) is 3.77. The second kappa shape index (κ2) is 9.91. The number of unbranched alkanes of at least 4 members (excludes halogenated alkanes) is 2. The van der Waals surface area contributed by atoms with Gasteiger partial charge in [0.2, 0.25) is 0 Å². The average molecular weight is 373 g/mol. The lowest BCUT2D eigenvalue weighted by molar-refractivity contribution is 0.209. The molecule has 1 fully saturated rings. The summed E-state index contributed by atoms with van der Waals surface area (Å²) in [6.45, 7) is 2.98. The molecule has 0 unspecified atom stereocenters. The molecule has 0 N–H and O–H groups in total. The van der Waals surface area contributed by atoms with Gasteiger partial charge in [0.1, 0.15) is 5.75 Å². The van der Waals surface area contributed by atoms with Crippen LogP contribution in [-0.2, 0) is 6.42 Å². The first-order valence-electron chi connectivity index (χ1n) is 10.00. The highest BCUT2D eigenvalue weighted by Gasteiger charge is 2.15. The van der Waals surface area contributed by atoms with E-state index < -0.39 is 0 Å². The third-order valence-electron chi connectivity index (χ3n) is 5.16. The van der Waals surface area contributed by atoms with E-state index in [0.29, 0.717) is 16.8 Å². The lowest BCUT2D eigenvalue weighted by Gasteiger charge is -2.22. The van der Waals surface area contributed by atoms with Gasteiger partial charge in [0.05, 0.1) is 11.6 Å². The monoisotopic (exact) mass is 372 g/mol. The molecule has 3 nitrogen and oxygen atoms in total. The zero-order valence-electron chi connectivity index (χ0n) is 15.7. The Labute approximate surface area is 162 Å². The van der Waals surface area contributed by atoms with Crippen molar-refractivity contribution in [1.29, 1.82) is 0 Å². The number of hydrogen-bond acceptors (Lipinski definition) is 3. The van der Waals surface area contributed by atoms with Crippen LogP contribution in [0.25, 0.3) is 11.4 Å². The molecular weight excluding hydrogens is 344 g/mol. The molecule has 1 aromatic heterocycles. The number of rotatable bonds is 8. The summed E-state index contributed by atoms with van der Waals surface area (Å²) in [5, 5.41) is 0.633. The average Bonchev–Trinajstić information content (AvgIpc) is 2.68. The number of aryl methyl sites for hydroxylation is 1. The number of nitrogens with zero attached hydrogens (tertiary/aromatic N) is 2. The van der Waals surface area contributed by atoms with Gasteiger partial charge in [0, 0.05) is 18.0 Å². The Morgan fingerprint density at radius 2 is 1.85 bits per heavy atom. The first kappa shape index (κ1) is 19.2. The molecule has 0 atom stereocenters. The van der Waals surface area contributed by atoms with E-state index in [-0.39, 0.29) is 0 Å². The normalized spacial score (nSPS) is 15.2. The fourth-order valence-electron chi connectivity index (χ4n) is 3.53. The summed E-state index contributed by atoms with van der Waals surface area (Å²) >= 11 is 6.43. The van der Waals surface area contributed by atoms with E-state index in [1.54, 1.807) is 0 Å². The minimum atomic E-state index is 0.633. The predicted molar refractivity (Wildman–Crippen MR) is 108 cm³/mol. The van der Waals surface area contributed by atoms with Crippen molar-refractivity contribution in [3.05, 3.63) is 41.2 Å². The molecule has 3 rings (SSSR count). The van der Waals surface area contributed by atoms with Gasteiger partial charge in [-0.05, 0) is 55.4 Å². The zero-order valence-corrected chi connectivity index (χ0v) is 16.5. The molecule has 2 aromatic rings. The molecule has 26 heavy (non-hydrogen) atoms. The maximum atomic E-state index is 6.43. The molecule has 1 aromatic carbocycles. The van der Waals surface area contributed by atoms with Crippen LogP contribution < -0.4 is 4.74 Å². The number of benzene rings is 1. The van der Waals surface area contributed by atoms with E-state index in [1.165, 1.54) is 56.9 Å². The Bertz CT molecular complexity index is 681. The SMILES string of the molecule is CCCCCc1cnc(-c2ccc(OCC3CCCCC3)c(Cl)c2)nc1. The van der Waals surface area contributed by atoms with Crippen LogP contribution in [0.2, 0.25) is 5.02 Å². The number of hydrogen-bond donors (Lipinski definition) is 0. The van der Waals surface area contributed by atoms with E-state index >= 15 is 0 Å². The Hall–Kier alpha value is -1.61. The molecule has 0 amide bonds. The standard InChI is InChI=1S/C22H29ClN2O/c1-2-3-5-10-18-14-24-22(25-15-18)19-11-12-21(20(23)13-19)26-16-17-8-6-4-7-9-17/h11-15,17H,2-10,16H2,1H3. The molecular formula is C22H29ClN2O. The minimum Gasteiger partial charge on any atom is -0.492 e. The van der Waals surface area contributed by atoms with Crippen LogP contribution in [-0.4, -0.2) is 16.6 Å². The van der Waals surface area contributed by atoms with Gasteiger partial charge in [0.15, 0.2) is 5.82 Å². The molecule has 0 aliphatic heterocycles. The quantitative estimate of drug-likeness (QED) is 0.497. The summed E-state index contributed by atoms with van der Waals surface area (Å²) in [7, 11) is 0. The molecule has 1 aliphatic carbocycles. The van der Waals surface area contributed by atoms with Gasteiger partial charge >= 0.3 is 0 Å². The van der Waals surface area contributed by atoms with E-state index in [0.717, 1.165) is 24.3 Å². The topological polar surface area (TPSA) is 35.0 Å². The zero-order chi connectivity index (χ0) is 18.2. The van der Waals surface area contributed by atoms with E-state index in [1.807, 2.05) is 30.6 Å². The van der Waals surface area contributed by atoms with E-state index in [9.17, 15) is 0 Å². The van der Waals surface area contributed by atoms with Crippen molar-refractivity contribution < 1.29 is 4.74 Å². The molecule has 0 spiro atoms. The van der Waals surface area contributed by atoms with Crippen molar-refractivity contribution in [3.63, 3.8) is 0 Å². The summed E-state index contributed by atoms with van der Waals surface area (Å²) in [4.78, 5) is 9.01. The Kier molecular flexibility index (Phi) is 7.31. The molecule has 0 radical (unpaired) electrons. The van der Waals surface area contributed by atoms with Gasteiger partial charge in [-0.15, -0.1) is 0 Å². The number of aromatic nitrogens is 2. The van der Waals surface area contributed by atoms with Crippen LogP contribution in [0.1, 0.15) is 63.9 Å². The van der Waals surface area contributed by atoms with Gasteiger partial charge in [-0.25, -0.2) is 9.97 Å². The maximum absolute atomic E-state index is 6.43. The third kappa shape index (κ3) is 5.44. The highest BCUT2D eigenvalue weighted by molar-refractivity contribution is 6.32. The summed E-state index contributed by atoms with van der Waals surface area (Å²) in [6.07, 6.45) is 15.1. The van der Waals surface area contributed by atoms with Gasteiger partial charge in [-0.2, -0.15) is 0 Å². The fraction of sp³-hybridized carbons (Fsp3) is 0.545. The highest BCUT2D eigenvalue weighted by atomic mass is 35.5. The van der Waals surface area contributed by atoms with Crippen LogP contribution >= 0.6 is 11.6 Å². The second-order valence-electron chi connectivity index (χ2n) is 7.33. The van der Waals surface area contributed by atoms with Crippen LogP contribution in [0.5, 0.6) is 5.75 Å². The van der Waals surface area contributed by atoms with Crippen molar-refractivity contribution >= 4 is 11.6 Å². The van der Waals surface area contributed by atoms with Crippen molar-refractivity contribution in [1.82, 2.24) is 9.97 Å². The van der Waals surface area contributed by atoms with Gasteiger partial charge in [-0.3, -0.25) is 0 Å². The number of ether oxygens (including phenoxy) is 1. The van der Waals surface area contributed by atoms with E-state index in [4.69, 9.17) is 16.3 Å². The van der Waals surface area contributed by atoms with E-state index in [2.05, 4.69) is 16.9 Å². The Balaban J connectivity index is 1.59. The van der Waals surface area contributed by atoms with Crippen LogP contribution in [0.3, 0.4) is 0 Å². The van der Waals surface area contributed by atoms with Crippen LogP contribution in [0, 0.1) is 5.92 Å². The third-order valence-corrected chi connectivity index (χ3v) is 5.46. The Morgan fingerprint density at radius 3 is 2.54 bits per heavy atom. The van der Waals surface area contributed by atoms with Gasteiger partial charge in [0.25, 0.3) is 0 Å². The summed E-state index contributed by atoms with van der Waals surface area (Å²) in [5.41, 5.74) is 2.13. The van der Waals surface area contributed by atoms with Crippen molar-refractivity contribution in [2.24, 2.45) is 5.92 Å². The first-order valence-corrected chi connectivity index (χ1v) is 10.4. The molecule has 4 heteroatoms. The molecule has 1 heterocycles. The second-order valence-corrected chi connectivity index (χ2v) is 7.74. The lowest BCUT2D eigenvalue weighted by atomic mass is 9.90. The largest absolute Gasteiger partial charge is 0.492 e. The van der Waals surface area contributed by atoms with Gasteiger partial charge < -0.3 is 4.74 Å². The highest BCUT2D eigenvalue weighted by Crippen LogP contribution is 2.31. The Morgan fingerprint density at radius 1 is 1.08 bits per heavy atom. The maximum Gasteiger partial charge on any atom is 0.159 e. The van der Waals surface area contributed by atoms with Crippen molar-refractivity contribution in [2.75, 3.05) is 6.61 Å². The minimum absolute atomic E-state index is 0.633. The van der Waals surface area contributed by atoms with Crippen molar-refractivity contribution in [3.8, 4) is 17.1 Å². The molecule has 0 bridgehead atoms. The first-order chi connectivity index (χ1) is 12.8. The molecule has 1 aliphatic rings. The molecule has 140 valence electrons. The summed E-state index contributed by atoms with van der Waals surface area (Å²) in [5.74, 6) is 2.14. The van der Waals surface area contributed by atoms with Crippen molar-refractivity contribution in [2.45, 2.75) is 64.7 Å². The van der Waals surface area contributed by atoms with Gasteiger partial charge in [-0.1, -0.05) is 50.6 Å². The summed E-state index contributed by atoms with van der Waals surface area (Å²) < 4.78 is 5.97. The smallest absolute Gasteiger partial charge is 0.159 e. The molecule has 0 saturated heterocycles. The molecule has 1 saturated carbocycles. The van der Waals surface area contributed by atoms with Crippen LogP contribution in [0.15, 0.2) is 30.6 Å². The number of halogens is 1. The predicted octanol–water partition coefficient (Wildman–Crippen LogP) is 6.49. The van der Waals surface area contributed by atoms with Crippen LogP contribution in [0.4, 0.5) is 0 Å². The summed E-state index contributed by atoms with van der Waals surface area (Å²) in [6, 6.07) is 5.84. The lowest BCUT2D eigenvalue weighted by Crippen LogP contribution is -2.15.